The van der Waals surface area contributed by atoms with Gasteiger partial charge in [0, 0.05) is 12.6 Å². The van der Waals surface area contributed by atoms with Gasteiger partial charge >= 0.3 is 5.69 Å². The minimum Gasteiger partial charge on any atom is -0.354 e. The Morgan fingerprint density at radius 2 is 2.14 bits per heavy atom. The maximum absolute atomic E-state index is 11.1. The molecule has 0 radical (unpaired) electrons. The molecule has 0 aliphatic heterocycles. The predicted molar refractivity (Wildman–Crippen MR) is 55.6 cm³/mol. The van der Waals surface area contributed by atoms with Crippen LogP contribution in [-0.2, 0) is 0 Å². The van der Waals surface area contributed by atoms with Crippen LogP contribution < -0.4 is 16.3 Å². The summed E-state index contributed by atoms with van der Waals surface area (Å²) in [5, 5.41) is 5.88. The van der Waals surface area contributed by atoms with Crippen LogP contribution in [-0.4, -0.2) is 27.5 Å². The first-order valence-corrected chi connectivity index (χ1v) is 4.60. The molecule has 78 valence electrons. The van der Waals surface area contributed by atoms with E-state index in [0.29, 0.717) is 18.4 Å². The van der Waals surface area contributed by atoms with Crippen LogP contribution in [0, 0.1) is 0 Å². The van der Waals surface area contributed by atoms with Gasteiger partial charge in [-0.3, -0.25) is 4.98 Å². The molecule has 0 fully saturated rings. The van der Waals surface area contributed by atoms with Crippen LogP contribution in [0.15, 0.2) is 4.79 Å². The summed E-state index contributed by atoms with van der Waals surface area (Å²) in [4.78, 5) is 21.3. The number of aromatic amines is 1. The molecule has 0 bridgehead atoms. The maximum atomic E-state index is 11.1. The Balaban J connectivity index is 2.89. The van der Waals surface area contributed by atoms with E-state index in [1.165, 1.54) is 0 Å². The quantitative estimate of drug-likeness (QED) is 0.651. The Morgan fingerprint density at radius 3 is 2.71 bits per heavy atom. The fourth-order valence-electron chi connectivity index (χ4n) is 0.963. The van der Waals surface area contributed by atoms with E-state index in [0.717, 1.165) is 0 Å². The van der Waals surface area contributed by atoms with Crippen LogP contribution in [0.3, 0.4) is 0 Å². The van der Waals surface area contributed by atoms with Gasteiger partial charge < -0.3 is 10.6 Å². The van der Waals surface area contributed by atoms with Crippen molar-refractivity contribution in [1.82, 2.24) is 15.0 Å². The number of aromatic nitrogens is 3. The number of hydrogen-bond acceptors (Lipinski definition) is 5. The summed E-state index contributed by atoms with van der Waals surface area (Å²) in [5.41, 5.74) is -0.404. The molecule has 0 aromatic carbocycles. The van der Waals surface area contributed by atoms with E-state index in [-0.39, 0.29) is 6.04 Å². The summed E-state index contributed by atoms with van der Waals surface area (Å²) >= 11 is 0. The van der Waals surface area contributed by atoms with Crippen molar-refractivity contribution in [3.63, 3.8) is 0 Å². The molecule has 1 rings (SSSR count). The lowest BCUT2D eigenvalue weighted by molar-refractivity contribution is 0.857. The van der Waals surface area contributed by atoms with Gasteiger partial charge in [0.25, 0.3) is 0 Å². The zero-order chi connectivity index (χ0) is 10.6. The van der Waals surface area contributed by atoms with E-state index in [9.17, 15) is 4.79 Å². The van der Waals surface area contributed by atoms with Crippen molar-refractivity contribution in [1.29, 1.82) is 0 Å². The highest BCUT2D eigenvalue weighted by Gasteiger charge is 2.02. The number of anilines is 2. The molecule has 1 aromatic heterocycles. The second-order valence-corrected chi connectivity index (χ2v) is 3.16. The topological polar surface area (TPSA) is 82.7 Å². The minimum atomic E-state index is -0.404. The third-order valence-electron chi connectivity index (χ3n) is 1.41. The molecule has 0 aliphatic carbocycles. The first-order chi connectivity index (χ1) is 6.61. The van der Waals surface area contributed by atoms with Gasteiger partial charge in [0.05, 0.1) is 0 Å². The lowest BCUT2D eigenvalue weighted by Gasteiger charge is -2.08. The Morgan fingerprint density at radius 1 is 1.43 bits per heavy atom. The molecule has 1 aromatic rings. The van der Waals surface area contributed by atoms with Crippen molar-refractivity contribution in [2.24, 2.45) is 0 Å². The van der Waals surface area contributed by atoms with Crippen molar-refractivity contribution >= 4 is 11.9 Å². The fraction of sp³-hybridized carbons (Fsp3) is 0.625. The fourth-order valence-corrected chi connectivity index (χ4v) is 0.963. The van der Waals surface area contributed by atoms with E-state index in [4.69, 9.17) is 0 Å². The van der Waals surface area contributed by atoms with Crippen LogP contribution in [0.2, 0.25) is 0 Å². The standard InChI is InChI=1S/C8H15N5O/c1-4-9-6-11-7(10-5(2)3)13-8(14)12-6/h5H,4H2,1-3H3,(H3,9,10,11,12,13,14). The monoisotopic (exact) mass is 197 g/mol. The molecule has 0 unspecified atom stereocenters. The number of nitrogens with one attached hydrogen (secondary N) is 3. The maximum Gasteiger partial charge on any atom is 0.350 e. The number of hydrogen-bond donors (Lipinski definition) is 3. The molecule has 0 aliphatic rings. The SMILES string of the molecule is CCNc1nc(NC(C)C)[nH]c(=O)n1. The summed E-state index contributed by atoms with van der Waals surface area (Å²) < 4.78 is 0. The Labute approximate surface area is 82.2 Å². The molecule has 1 heterocycles. The predicted octanol–water partition coefficient (Wildman–Crippen LogP) is 0.417. The number of nitrogens with zero attached hydrogens (tertiary/aromatic N) is 2. The van der Waals surface area contributed by atoms with E-state index in [2.05, 4.69) is 25.6 Å². The van der Waals surface area contributed by atoms with Crippen molar-refractivity contribution < 1.29 is 0 Å². The summed E-state index contributed by atoms with van der Waals surface area (Å²) in [5.74, 6) is 0.787. The van der Waals surface area contributed by atoms with Gasteiger partial charge in [-0.2, -0.15) is 9.97 Å². The molecule has 0 atom stereocenters. The molecule has 0 saturated carbocycles. The third kappa shape index (κ3) is 3.04. The summed E-state index contributed by atoms with van der Waals surface area (Å²) in [6.07, 6.45) is 0. The Bertz CT molecular complexity index is 346. The van der Waals surface area contributed by atoms with Crippen LogP contribution in [0.25, 0.3) is 0 Å². The third-order valence-corrected chi connectivity index (χ3v) is 1.41. The first-order valence-electron chi connectivity index (χ1n) is 4.60. The second-order valence-electron chi connectivity index (χ2n) is 3.16. The van der Waals surface area contributed by atoms with Gasteiger partial charge in [-0.15, -0.1) is 0 Å². The average Bonchev–Trinajstić information content (AvgIpc) is 2.01. The highest BCUT2D eigenvalue weighted by atomic mass is 16.1. The second kappa shape index (κ2) is 4.59. The van der Waals surface area contributed by atoms with Gasteiger partial charge in [0.2, 0.25) is 11.9 Å². The molecule has 3 N–H and O–H groups in total. The van der Waals surface area contributed by atoms with Crippen LogP contribution in [0.1, 0.15) is 20.8 Å². The zero-order valence-electron chi connectivity index (χ0n) is 8.59. The molecule has 0 spiro atoms. The molecular formula is C8H15N5O. The van der Waals surface area contributed by atoms with Crippen molar-refractivity contribution in [3.05, 3.63) is 10.5 Å². The van der Waals surface area contributed by atoms with E-state index < -0.39 is 5.69 Å². The van der Waals surface area contributed by atoms with Gasteiger partial charge in [-0.05, 0) is 20.8 Å². The van der Waals surface area contributed by atoms with Gasteiger partial charge in [0.15, 0.2) is 0 Å². The summed E-state index contributed by atoms with van der Waals surface area (Å²) in [6.45, 7) is 6.53. The first kappa shape index (κ1) is 10.5. The molecule has 14 heavy (non-hydrogen) atoms. The highest BCUT2D eigenvalue weighted by Crippen LogP contribution is 2.00. The van der Waals surface area contributed by atoms with E-state index >= 15 is 0 Å². The van der Waals surface area contributed by atoms with Gasteiger partial charge in [0.1, 0.15) is 0 Å². The number of rotatable bonds is 4. The average molecular weight is 197 g/mol. The Kier molecular flexibility index (Phi) is 3.44. The lowest BCUT2D eigenvalue weighted by atomic mass is 10.4. The molecule has 0 amide bonds. The van der Waals surface area contributed by atoms with E-state index in [1.807, 2.05) is 20.8 Å². The molecule has 0 saturated heterocycles. The summed E-state index contributed by atoms with van der Waals surface area (Å²) in [6, 6.07) is 0.218. The Hall–Kier alpha value is -1.59. The smallest absolute Gasteiger partial charge is 0.350 e. The highest BCUT2D eigenvalue weighted by molar-refractivity contribution is 5.32. The van der Waals surface area contributed by atoms with Crippen molar-refractivity contribution in [2.75, 3.05) is 17.2 Å². The van der Waals surface area contributed by atoms with Crippen molar-refractivity contribution in [2.45, 2.75) is 26.8 Å². The molecule has 6 heteroatoms. The van der Waals surface area contributed by atoms with Gasteiger partial charge in [-0.1, -0.05) is 0 Å². The normalized spacial score (nSPS) is 10.3. The molecular weight excluding hydrogens is 182 g/mol. The molecule has 6 nitrogen and oxygen atoms in total. The summed E-state index contributed by atoms with van der Waals surface area (Å²) in [7, 11) is 0. The van der Waals surface area contributed by atoms with Crippen LogP contribution >= 0.6 is 0 Å². The van der Waals surface area contributed by atoms with E-state index in [1.54, 1.807) is 0 Å². The number of H-pyrrole nitrogens is 1. The zero-order valence-corrected chi connectivity index (χ0v) is 8.59. The van der Waals surface area contributed by atoms with Crippen LogP contribution in [0.4, 0.5) is 11.9 Å². The minimum absolute atomic E-state index is 0.218. The van der Waals surface area contributed by atoms with Crippen LogP contribution in [0.5, 0.6) is 0 Å². The van der Waals surface area contributed by atoms with Gasteiger partial charge in [-0.25, -0.2) is 4.79 Å². The largest absolute Gasteiger partial charge is 0.354 e. The van der Waals surface area contributed by atoms with Crippen molar-refractivity contribution in [3.8, 4) is 0 Å². The lowest BCUT2D eigenvalue weighted by Crippen LogP contribution is -2.21.